The number of β-amino-alcohol motifs (C(OH)–C–C–N with tert-alkyl or cyclic N) is 1. The number of aliphatic hydroxyl groups excluding tert-OH is 1. The lowest BCUT2D eigenvalue weighted by Crippen LogP contribution is -2.59. The Kier molecular flexibility index (Phi) is 20.4. The van der Waals surface area contributed by atoms with Crippen molar-refractivity contribution in [3.63, 3.8) is 0 Å². The van der Waals surface area contributed by atoms with Gasteiger partial charge in [-0.1, -0.05) is 87.8 Å². The predicted octanol–water partition coefficient (Wildman–Crippen LogP) is 10.5. The molecule has 12 rings (SSSR count). The van der Waals surface area contributed by atoms with Crippen LogP contribution in [0.25, 0.3) is 31.8 Å². The van der Waals surface area contributed by atoms with Gasteiger partial charge in [-0.3, -0.25) is 38.9 Å². The fourth-order valence-electron chi connectivity index (χ4n) is 14.3. The van der Waals surface area contributed by atoms with Gasteiger partial charge in [0.2, 0.25) is 17.7 Å². The Bertz CT molecular complexity index is 4000. The van der Waals surface area contributed by atoms with Crippen molar-refractivity contribution in [3.8, 4) is 27.3 Å². The van der Waals surface area contributed by atoms with E-state index in [1.54, 1.807) is 32.5 Å². The molecule has 5 N–H and O–H groups in total. The molecule has 5 amide bonds. The second-order valence-corrected chi connectivity index (χ2v) is 29.7. The lowest BCUT2D eigenvalue weighted by atomic mass is 9.71. The number of aliphatic hydroxyl groups is 1. The second-order valence-electron chi connectivity index (χ2n) is 27.9. The molecule has 7 aromatic rings. The van der Waals surface area contributed by atoms with Crippen LogP contribution in [0.4, 0.5) is 15.3 Å². The monoisotopic (exact) mass is 1350 g/mol. The minimum Gasteiger partial charge on any atom is -0.493 e. The molecular formula is C72H87FN12O9S2. The number of nitrogens with one attached hydrogen (secondary N) is 3. The van der Waals surface area contributed by atoms with Crippen LogP contribution in [0.2, 0.25) is 0 Å². The van der Waals surface area contributed by atoms with Crippen molar-refractivity contribution in [2.75, 3.05) is 62.6 Å². The third-order valence-corrected chi connectivity index (χ3v) is 22.0. The molecule has 4 aromatic heterocycles. The number of aromatic carboxylic acids is 1. The summed E-state index contributed by atoms with van der Waals surface area (Å²) in [4.78, 5) is 104. The predicted molar refractivity (Wildman–Crippen MR) is 368 cm³/mol. The van der Waals surface area contributed by atoms with Crippen LogP contribution in [-0.4, -0.2) is 161 Å². The van der Waals surface area contributed by atoms with E-state index in [0.29, 0.717) is 91.9 Å². The normalized spacial score (nSPS) is 18.8. The summed E-state index contributed by atoms with van der Waals surface area (Å²) in [6, 6.07) is 20.9. The number of hydrogen-bond donors (Lipinski definition) is 5. The maximum Gasteiger partial charge on any atom is 0.355 e. The number of carbonyl (C=O) groups excluding carboxylic acids is 5. The molecule has 24 heteroatoms. The first-order chi connectivity index (χ1) is 46.1. The van der Waals surface area contributed by atoms with Gasteiger partial charge >= 0.3 is 5.97 Å². The van der Waals surface area contributed by atoms with Gasteiger partial charge in [-0.05, 0) is 142 Å². The quantitative estimate of drug-likeness (QED) is 0.0353. The topological polar surface area (TPSA) is 258 Å². The summed E-state index contributed by atoms with van der Waals surface area (Å²) in [6.45, 7) is 15.2. The number of ether oxygens (including phenoxy) is 1. The average Bonchev–Trinajstić information content (AvgIpc) is 1.40. The van der Waals surface area contributed by atoms with Gasteiger partial charge in [-0.15, -0.1) is 11.3 Å². The van der Waals surface area contributed by atoms with Crippen LogP contribution >= 0.6 is 22.7 Å². The number of likely N-dealkylation sites (tertiary alicyclic amines) is 1. The minimum absolute atomic E-state index is 0.00660. The summed E-state index contributed by atoms with van der Waals surface area (Å²) in [5.74, 6) is -2.01. The lowest BCUT2D eigenvalue weighted by molar-refractivity contribution is -0.145. The summed E-state index contributed by atoms with van der Waals surface area (Å²) in [6.07, 6.45) is 11.1. The number of rotatable bonds is 24. The van der Waals surface area contributed by atoms with Crippen LogP contribution < -0.4 is 25.6 Å². The number of carboxylic acid groups (broad SMARTS) is 1. The summed E-state index contributed by atoms with van der Waals surface area (Å²) in [5, 5.41) is 35.4. The number of benzene rings is 3. The van der Waals surface area contributed by atoms with Crippen LogP contribution in [0.1, 0.15) is 153 Å². The zero-order valence-corrected chi connectivity index (χ0v) is 57.1. The van der Waals surface area contributed by atoms with Gasteiger partial charge in [-0.25, -0.2) is 24.1 Å². The number of halogens is 1. The molecule has 4 fully saturated rings. The molecule has 21 nitrogen and oxygen atoms in total. The van der Waals surface area contributed by atoms with Gasteiger partial charge in [0, 0.05) is 99.7 Å². The highest BCUT2D eigenvalue weighted by molar-refractivity contribution is 7.22. The number of carboxylic acids is 1. The average molecular weight is 1350 g/mol. The van der Waals surface area contributed by atoms with Gasteiger partial charge in [0.1, 0.15) is 23.7 Å². The van der Waals surface area contributed by atoms with Crippen molar-refractivity contribution < 1.29 is 48.1 Å². The van der Waals surface area contributed by atoms with Crippen LogP contribution in [0.5, 0.6) is 5.75 Å². The van der Waals surface area contributed by atoms with Crippen molar-refractivity contribution >= 4 is 79.3 Å². The zero-order chi connectivity index (χ0) is 67.5. The molecule has 3 atom stereocenters. The number of para-hydroxylation sites is 1. The summed E-state index contributed by atoms with van der Waals surface area (Å²) >= 11 is 2.94. The standard InChI is InChI=1S/C72H87FN12O9S2/c1-45-62(95-44-75-45)48-20-21-49(39-74-65(89)56-38-50(86)41-84(56)66(90)63(70(3,4)5)79-68(93)72(73)28-29-72)57(37-48)94-36-12-9-19-60(87)82-34-32-81(33-35-82)30-14-27-71(25-10-6-11-26-71)43-85-46(2)53(40-76-85)51-22-23-59(78-61(51)67(91)92)83-31-24-47-15-13-16-52(54(47)42-83)64(88)80-69-77-55-17-7-8-18-58(55)96-69/h7-8,13,15-18,20-23,37,40,44,50,56,63,86H,6,9-12,14,19,24-36,38-39,41-43H2,1-5H3,(H,74,89)(H,79,93)(H,91,92)(H,77,80,88)/t50-,56+,63-/m1/s1. The number of carbonyl (C=O) groups is 6. The number of unbranched alkanes of at least 4 members (excludes halogenated alkanes) is 1. The van der Waals surface area contributed by atoms with Gasteiger partial charge in [0.05, 0.1) is 45.2 Å². The Hall–Kier alpha value is -8.19. The highest BCUT2D eigenvalue weighted by atomic mass is 32.1. The molecule has 96 heavy (non-hydrogen) atoms. The molecule has 2 saturated heterocycles. The third kappa shape index (κ3) is 15.3. The van der Waals surface area contributed by atoms with E-state index >= 15 is 0 Å². The first-order valence-electron chi connectivity index (χ1n) is 33.8. The Morgan fingerprint density at radius 2 is 1.67 bits per heavy atom. The van der Waals surface area contributed by atoms with E-state index in [2.05, 4.69) is 35.5 Å². The van der Waals surface area contributed by atoms with Crippen molar-refractivity contribution in [1.82, 2.24) is 50.1 Å². The number of piperazine rings is 1. The maximum absolute atomic E-state index is 14.8. The highest BCUT2D eigenvalue weighted by Gasteiger charge is 2.53. The SMILES string of the molecule is Cc1ncsc1-c1ccc(CNC(=O)[C@@H]2C[C@@H](O)CN2C(=O)[C@@H](NC(=O)C2(F)CC2)C(C)(C)C)c(OCCCCC(=O)N2CCN(CCCC3(Cn4ncc(-c5ccc(N6CCc7cccc(C(=O)Nc8nc9ccccc9s8)c7C6)nc5C(=O)O)c4C)CCCCC3)CC2)c1. The lowest BCUT2D eigenvalue weighted by Gasteiger charge is -2.39. The van der Waals surface area contributed by atoms with Gasteiger partial charge in [-0.2, -0.15) is 5.10 Å². The van der Waals surface area contributed by atoms with Crippen LogP contribution in [0.3, 0.4) is 0 Å². The molecule has 3 aromatic carbocycles. The molecule has 0 spiro atoms. The first kappa shape index (κ1) is 67.8. The number of nitrogens with zero attached hydrogens (tertiary/aromatic N) is 9. The molecular weight excluding hydrogens is 1260 g/mol. The van der Waals surface area contributed by atoms with Crippen molar-refractivity contribution in [3.05, 3.63) is 124 Å². The number of pyridine rings is 1. The number of fused-ring (bicyclic) bond motifs is 2. The number of aromatic nitrogens is 5. The van der Waals surface area contributed by atoms with Crippen LogP contribution in [0, 0.1) is 24.7 Å². The Morgan fingerprint density at radius 1 is 0.875 bits per heavy atom. The van der Waals surface area contributed by atoms with E-state index < -0.39 is 53.0 Å². The van der Waals surface area contributed by atoms with Crippen LogP contribution in [-0.2, 0) is 45.2 Å². The van der Waals surface area contributed by atoms with Crippen molar-refractivity contribution in [1.29, 1.82) is 0 Å². The van der Waals surface area contributed by atoms with Gasteiger partial charge in [0.25, 0.3) is 11.8 Å². The fraction of sp³-hybridized carbons (Fsp3) is 0.500. The van der Waals surface area contributed by atoms with Crippen molar-refractivity contribution in [2.24, 2.45) is 10.8 Å². The minimum atomic E-state index is -1.99. The molecule has 0 bridgehead atoms. The van der Waals surface area contributed by atoms with E-state index in [-0.39, 0.29) is 55.3 Å². The highest BCUT2D eigenvalue weighted by Crippen LogP contribution is 2.44. The molecule has 508 valence electrons. The molecule has 2 saturated carbocycles. The summed E-state index contributed by atoms with van der Waals surface area (Å²) < 4.78 is 24.3. The first-order valence-corrected chi connectivity index (χ1v) is 35.5. The number of hydrogen-bond acceptors (Lipinski definition) is 16. The van der Waals surface area contributed by atoms with Gasteiger partial charge in [0.15, 0.2) is 16.5 Å². The van der Waals surface area contributed by atoms with Gasteiger partial charge < -0.3 is 40.3 Å². The fourth-order valence-corrected chi connectivity index (χ4v) is 15.9. The molecule has 0 radical (unpaired) electrons. The number of amides is 5. The third-order valence-electron chi connectivity index (χ3n) is 20.1. The molecule has 2 aliphatic carbocycles. The summed E-state index contributed by atoms with van der Waals surface area (Å²) in [7, 11) is 0. The number of anilines is 2. The van der Waals surface area contributed by atoms with E-state index in [1.807, 2.05) is 96.4 Å². The molecule has 3 aliphatic heterocycles. The van der Waals surface area contributed by atoms with E-state index in [4.69, 9.17) is 14.8 Å². The van der Waals surface area contributed by atoms with Crippen LogP contribution in [0.15, 0.2) is 84.5 Å². The number of aryl methyl sites for hydroxylation is 1. The Morgan fingerprint density at radius 3 is 2.41 bits per heavy atom. The second kappa shape index (κ2) is 28.9. The maximum atomic E-state index is 14.8. The molecule has 0 unspecified atom stereocenters. The van der Waals surface area contributed by atoms with E-state index in [0.717, 1.165) is 113 Å². The Balaban J connectivity index is 0.608. The molecule has 5 aliphatic rings. The van der Waals surface area contributed by atoms with E-state index in [9.17, 15) is 43.4 Å². The zero-order valence-electron chi connectivity index (χ0n) is 55.5. The van der Waals surface area contributed by atoms with E-state index in [1.165, 1.54) is 34.0 Å². The number of thiazole rings is 2. The Labute approximate surface area is 567 Å². The smallest absolute Gasteiger partial charge is 0.355 e. The largest absolute Gasteiger partial charge is 0.493 e. The number of alkyl halides is 1. The molecule has 7 heterocycles. The summed E-state index contributed by atoms with van der Waals surface area (Å²) in [5.41, 5.74) is 6.97. The van der Waals surface area contributed by atoms with Crippen molar-refractivity contribution in [2.45, 2.75) is 168 Å².